The van der Waals surface area contributed by atoms with E-state index in [2.05, 4.69) is 21.4 Å². The lowest BCUT2D eigenvalue weighted by molar-refractivity contribution is 0.102. The molecule has 0 unspecified atom stereocenters. The molecule has 0 atom stereocenters. The van der Waals surface area contributed by atoms with E-state index < -0.39 is 0 Å². The number of rotatable bonds is 4. The third kappa shape index (κ3) is 3.92. The summed E-state index contributed by atoms with van der Waals surface area (Å²) in [7, 11) is 0. The number of amides is 1. The number of carbonyl (C=O) groups excluding carboxylic acids is 1. The molecular weight excluding hydrogens is 402 g/mol. The van der Waals surface area contributed by atoms with Gasteiger partial charge in [0.05, 0.1) is 42.2 Å². The zero-order valence-electron chi connectivity index (χ0n) is 17.4. The van der Waals surface area contributed by atoms with E-state index in [0.717, 1.165) is 48.6 Å². The van der Waals surface area contributed by atoms with Crippen LogP contribution in [0.1, 0.15) is 15.9 Å². The van der Waals surface area contributed by atoms with Crippen LogP contribution < -0.4 is 10.2 Å². The van der Waals surface area contributed by atoms with Crippen LogP contribution in [0.5, 0.6) is 0 Å². The summed E-state index contributed by atoms with van der Waals surface area (Å²) in [6.07, 6.45) is 1.76. The molecule has 0 saturated carbocycles. The van der Waals surface area contributed by atoms with Gasteiger partial charge >= 0.3 is 0 Å². The van der Waals surface area contributed by atoms with Gasteiger partial charge in [-0.3, -0.25) is 4.79 Å². The van der Waals surface area contributed by atoms with Crippen LogP contribution in [0.4, 0.5) is 11.4 Å². The summed E-state index contributed by atoms with van der Waals surface area (Å²) < 4.78 is 7.20. The fourth-order valence-corrected chi connectivity index (χ4v) is 3.84. The van der Waals surface area contributed by atoms with Gasteiger partial charge in [-0.05, 0) is 66.7 Å². The molecule has 1 aliphatic rings. The minimum atomic E-state index is -0.155. The molecule has 1 aromatic heterocycles. The number of nitriles is 1. The Hall–Kier alpha value is -4.15. The van der Waals surface area contributed by atoms with E-state index in [0.29, 0.717) is 16.8 Å². The van der Waals surface area contributed by atoms with Crippen molar-refractivity contribution in [3.05, 3.63) is 84.1 Å². The second kappa shape index (κ2) is 8.53. The highest BCUT2D eigenvalue weighted by atomic mass is 16.5. The molecule has 1 amide bonds. The van der Waals surface area contributed by atoms with Gasteiger partial charge in [0.25, 0.3) is 5.91 Å². The number of fused-ring (bicyclic) bond motifs is 1. The summed E-state index contributed by atoms with van der Waals surface area (Å²) >= 11 is 0. The summed E-state index contributed by atoms with van der Waals surface area (Å²) in [6.45, 7) is 3.18. The van der Waals surface area contributed by atoms with Gasteiger partial charge in [0, 0.05) is 35.4 Å². The zero-order valence-corrected chi connectivity index (χ0v) is 17.4. The van der Waals surface area contributed by atoms with Gasteiger partial charge in [-0.25, -0.2) is 4.68 Å². The molecule has 7 nitrogen and oxygen atoms in total. The summed E-state index contributed by atoms with van der Waals surface area (Å²) in [5.41, 5.74) is 4.81. The smallest absolute Gasteiger partial charge is 0.255 e. The predicted molar refractivity (Wildman–Crippen MR) is 123 cm³/mol. The van der Waals surface area contributed by atoms with Gasteiger partial charge in [0.15, 0.2) is 0 Å². The Labute approximate surface area is 185 Å². The number of anilines is 2. The van der Waals surface area contributed by atoms with Crippen molar-refractivity contribution in [1.82, 2.24) is 9.78 Å². The lowest BCUT2D eigenvalue weighted by atomic mass is 10.1. The molecule has 1 fully saturated rings. The van der Waals surface area contributed by atoms with Crippen LogP contribution in [-0.4, -0.2) is 42.0 Å². The number of hydrogen-bond donors (Lipinski definition) is 1. The van der Waals surface area contributed by atoms with Crippen LogP contribution >= 0.6 is 0 Å². The maximum Gasteiger partial charge on any atom is 0.255 e. The maximum atomic E-state index is 12.7. The number of carbonyl (C=O) groups is 1. The number of benzene rings is 3. The van der Waals surface area contributed by atoms with E-state index in [1.54, 1.807) is 18.3 Å². The number of aromatic nitrogens is 2. The second-order valence-electron chi connectivity index (χ2n) is 7.59. The van der Waals surface area contributed by atoms with Gasteiger partial charge in [-0.1, -0.05) is 0 Å². The van der Waals surface area contributed by atoms with E-state index in [-0.39, 0.29) is 5.91 Å². The fourth-order valence-electron chi connectivity index (χ4n) is 3.84. The topological polar surface area (TPSA) is 83.2 Å². The molecule has 0 bridgehead atoms. The predicted octanol–water partition coefficient (Wildman–Crippen LogP) is 3.99. The Bertz CT molecular complexity index is 1300. The molecule has 7 heteroatoms. The molecule has 158 valence electrons. The average molecular weight is 423 g/mol. The first-order valence-corrected chi connectivity index (χ1v) is 10.4. The minimum Gasteiger partial charge on any atom is -0.378 e. The Morgan fingerprint density at radius 3 is 2.41 bits per heavy atom. The lowest BCUT2D eigenvalue weighted by Gasteiger charge is -2.28. The zero-order chi connectivity index (χ0) is 21.9. The van der Waals surface area contributed by atoms with Crippen molar-refractivity contribution >= 4 is 28.2 Å². The minimum absolute atomic E-state index is 0.155. The van der Waals surface area contributed by atoms with Crippen LogP contribution in [0.15, 0.2) is 72.9 Å². The molecule has 5 rings (SSSR count). The molecule has 4 aromatic rings. The van der Waals surface area contributed by atoms with Crippen molar-refractivity contribution in [2.75, 3.05) is 36.5 Å². The molecular formula is C25H21N5O2. The molecule has 1 saturated heterocycles. The lowest BCUT2D eigenvalue weighted by Crippen LogP contribution is -2.36. The van der Waals surface area contributed by atoms with E-state index in [4.69, 9.17) is 10.00 Å². The van der Waals surface area contributed by atoms with E-state index in [1.807, 2.05) is 59.3 Å². The van der Waals surface area contributed by atoms with Crippen LogP contribution in [0.2, 0.25) is 0 Å². The van der Waals surface area contributed by atoms with E-state index in [9.17, 15) is 4.79 Å². The normalized spacial score (nSPS) is 13.7. The first-order chi connectivity index (χ1) is 15.7. The van der Waals surface area contributed by atoms with Crippen LogP contribution in [0, 0.1) is 11.3 Å². The van der Waals surface area contributed by atoms with Crippen molar-refractivity contribution in [2.45, 2.75) is 0 Å². The number of hydrogen-bond acceptors (Lipinski definition) is 5. The monoisotopic (exact) mass is 423 g/mol. The Morgan fingerprint density at radius 1 is 0.969 bits per heavy atom. The van der Waals surface area contributed by atoms with Crippen molar-refractivity contribution in [2.24, 2.45) is 0 Å². The first kappa shape index (κ1) is 19.8. The highest BCUT2D eigenvalue weighted by Crippen LogP contribution is 2.23. The number of nitrogens with one attached hydrogen (secondary N) is 1. The van der Waals surface area contributed by atoms with Crippen LogP contribution in [-0.2, 0) is 4.74 Å². The molecule has 1 N–H and O–H groups in total. The van der Waals surface area contributed by atoms with Gasteiger partial charge in [0.1, 0.15) is 0 Å². The average Bonchev–Trinajstić information content (AvgIpc) is 3.28. The Morgan fingerprint density at radius 2 is 1.69 bits per heavy atom. The SMILES string of the molecule is N#Cc1ccc(-n2ncc3cc(NC(=O)c4ccc(N5CCOCC5)cc4)ccc32)cc1. The van der Waals surface area contributed by atoms with Gasteiger partial charge in [-0.2, -0.15) is 10.4 Å². The third-order valence-electron chi connectivity index (χ3n) is 5.57. The summed E-state index contributed by atoms with van der Waals surface area (Å²) in [5.74, 6) is -0.155. The van der Waals surface area contributed by atoms with Gasteiger partial charge in [-0.15, -0.1) is 0 Å². The highest BCUT2D eigenvalue weighted by Gasteiger charge is 2.13. The number of morpholine rings is 1. The highest BCUT2D eigenvalue weighted by molar-refractivity contribution is 6.05. The van der Waals surface area contributed by atoms with Crippen LogP contribution in [0.3, 0.4) is 0 Å². The second-order valence-corrected chi connectivity index (χ2v) is 7.59. The summed E-state index contributed by atoms with van der Waals surface area (Å²) in [4.78, 5) is 15.0. The van der Waals surface area contributed by atoms with Crippen molar-refractivity contribution in [1.29, 1.82) is 5.26 Å². The standard InChI is InChI=1S/C25H21N5O2/c26-16-18-1-6-23(7-2-18)30-24-10-5-21(15-20(24)17-27-30)28-25(31)19-3-8-22(9-4-19)29-11-13-32-14-12-29/h1-10,15,17H,11-14H2,(H,28,31). The molecule has 32 heavy (non-hydrogen) atoms. The Kier molecular flexibility index (Phi) is 5.28. The van der Waals surface area contributed by atoms with Crippen LogP contribution in [0.25, 0.3) is 16.6 Å². The largest absolute Gasteiger partial charge is 0.378 e. The van der Waals surface area contributed by atoms with Gasteiger partial charge in [0.2, 0.25) is 0 Å². The number of nitrogens with zero attached hydrogens (tertiary/aromatic N) is 4. The molecule has 1 aliphatic heterocycles. The summed E-state index contributed by atoms with van der Waals surface area (Å²) in [5, 5.41) is 17.3. The fraction of sp³-hybridized carbons (Fsp3) is 0.160. The van der Waals surface area contributed by atoms with E-state index >= 15 is 0 Å². The van der Waals surface area contributed by atoms with E-state index in [1.165, 1.54) is 0 Å². The first-order valence-electron chi connectivity index (χ1n) is 10.4. The number of ether oxygens (including phenoxy) is 1. The third-order valence-corrected chi connectivity index (χ3v) is 5.57. The Balaban J connectivity index is 1.31. The van der Waals surface area contributed by atoms with Crippen molar-refractivity contribution < 1.29 is 9.53 Å². The van der Waals surface area contributed by atoms with Gasteiger partial charge < -0.3 is 15.0 Å². The molecule has 2 heterocycles. The molecule has 3 aromatic carbocycles. The summed E-state index contributed by atoms with van der Waals surface area (Å²) in [6, 6.07) is 22.7. The quantitative estimate of drug-likeness (QED) is 0.537. The molecule has 0 aliphatic carbocycles. The van der Waals surface area contributed by atoms with Crippen molar-refractivity contribution in [3.63, 3.8) is 0 Å². The molecule has 0 spiro atoms. The maximum absolute atomic E-state index is 12.7. The molecule has 0 radical (unpaired) electrons. The van der Waals surface area contributed by atoms with Crippen molar-refractivity contribution in [3.8, 4) is 11.8 Å².